The van der Waals surface area contributed by atoms with Crippen LogP contribution in [0.3, 0.4) is 0 Å². The Morgan fingerprint density at radius 3 is 2.97 bits per heavy atom. The molecular formula is C20H22N6O3. The third-order valence-electron chi connectivity index (χ3n) is 5.41. The van der Waals surface area contributed by atoms with Crippen molar-refractivity contribution in [3.63, 3.8) is 0 Å². The standard InChI is InChI=1S/C20H22N6O3/c27-18-9-16(13-26(18)17-10-21-22-11-17)20-23-19(24-29-20)15-3-1-2-14(8-15)12-25-4-6-28-7-5-25/h1-3,8,10-11,16H,4-7,9,12-13H2,(H,21,22). The van der Waals surface area contributed by atoms with Crippen LogP contribution in [0.25, 0.3) is 11.4 Å². The Hall–Kier alpha value is -3.04. The lowest BCUT2D eigenvalue weighted by Gasteiger charge is -2.26. The first-order valence-corrected chi connectivity index (χ1v) is 9.78. The van der Waals surface area contributed by atoms with Gasteiger partial charge in [-0.2, -0.15) is 10.1 Å². The molecular weight excluding hydrogens is 372 g/mol. The van der Waals surface area contributed by atoms with E-state index in [1.807, 2.05) is 12.1 Å². The Kier molecular flexibility index (Phi) is 4.82. The summed E-state index contributed by atoms with van der Waals surface area (Å²) in [4.78, 5) is 21.0. The van der Waals surface area contributed by atoms with Crippen molar-refractivity contribution >= 4 is 11.6 Å². The molecule has 1 N–H and O–H groups in total. The van der Waals surface area contributed by atoms with Gasteiger partial charge in [-0.05, 0) is 11.6 Å². The summed E-state index contributed by atoms with van der Waals surface area (Å²) in [5, 5.41) is 10.8. The molecule has 1 unspecified atom stereocenters. The highest BCUT2D eigenvalue weighted by atomic mass is 16.5. The highest BCUT2D eigenvalue weighted by Gasteiger charge is 2.35. The predicted octanol–water partition coefficient (Wildman–Crippen LogP) is 1.81. The molecule has 5 rings (SSSR count). The number of nitrogens with zero attached hydrogens (tertiary/aromatic N) is 5. The van der Waals surface area contributed by atoms with Crippen LogP contribution in [0.4, 0.5) is 5.69 Å². The summed E-state index contributed by atoms with van der Waals surface area (Å²) in [6, 6.07) is 8.20. The molecule has 1 amide bonds. The zero-order valence-electron chi connectivity index (χ0n) is 16.0. The minimum Gasteiger partial charge on any atom is -0.379 e. The molecule has 29 heavy (non-hydrogen) atoms. The molecule has 0 aliphatic carbocycles. The number of hydrogen-bond acceptors (Lipinski definition) is 7. The fourth-order valence-electron chi connectivity index (χ4n) is 3.86. The lowest BCUT2D eigenvalue weighted by molar-refractivity contribution is -0.117. The quantitative estimate of drug-likeness (QED) is 0.704. The van der Waals surface area contributed by atoms with E-state index in [0.717, 1.165) is 44.1 Å². The van der Waals surface area contributed by atoms with E-state index in [1.165, 1.54) is 5.56 Å². The molecule has 0 bridgehead atoms. The molecule has 2 aliphatic rings. The fourth-order valence-corrected chi connectivity index (χ4v) is 3.86. The Balaban J connectivity index is 1.30. The summed E-state index contributed by atoms with van der Waals surface area (Å²) in [7, 11) is 0. The maximum absolute atomic E-state index is 12.3. The lowest BCUT2D eigenvalue weighted by Crippen LogP contribution is -2.35. The number of ether oxygens (including phenoxy) is 1. The first kappa shape index (κ1) is 18.0. The highest BCUT2D eigenvalue weighted by Crippen LogP contribution is 2.31. The van der Waals surface area contributed by atoms with E-state index in [9.17, 15) is 4.79 Å². The second kappa shape index (κ2) is 7.76. The number of benzene rings is 1. The monoisotopic (exact) mass is 394 g/mol. The topological polar surface area (TPSA) is 100 Å². The molecule has 2 aliphatic heterocycles. The number of rotatable bonds is 5. The number of aromatic nitrogens is 4. The second-order valence-corrected chi connectivity index (χ2v) is 7.41. The molecule has 0 radical (unpaired) electrons. The number of carbonyl (C=O) groups excluding carboxylic acids is 1. The van der Waals surface area contributed by atoms with E-state index in [4.69, 9.17) is 9.26 Å². The van der Waals surface area contributed by atoms with E-state index >= 15 is 0 Å². The maximum Gasteiger partial charge on any atom is 0.232 e. The number of anilines is 1. The predicted molar refractivity (Wildman–Crippen MR) is 104 cm³/mol. The van der Waals surface area contributed by atoms with E-state index in [2.05, 4.69) is 37.4 Å². The Bertz CT molecular complexity index is 980. The van der Waals surface area contributed by atoms with Gasteiger partial charge in [0, 0.05) is 44.4 Å². The summed E-state index contributed by atoms with van der Waals surface area (Å²) in [5.41, 5.74) is 2.88. The van der Waals surface area contributed by atoms with Crippen molar-refractivity contribution in [3.8, 4) is 11.4 Å². The van der Waals surface area contributed by atoms with E-state index < -0.39 is 0 Å². The third-order valence-corrected chi connectivity index (χ3v) is 5.41. The van der Waals surface area contributed by atoms with E-state index in [0.29, 0.717) is 24.7 Å². The summed E-state index contributed by atoms with van der Waals surface area (Å²) >= 11 is 0. The number of amides is 1. The summed E-state index contributed by atoms with van der Waals surface area (Å²) < 4.78 is 10.9. The van der Waals surface area contributed by atoms with Gasteiger partial charge in [-0.25, -0.2) is 0 Å². The van der Waals surface area contributed by atoms with Gasteiger partial charge in [0.05, 0.1) is 31.0 Å². The minimum atomic E-state index is -0.116. The molecule has 2 saturated heterocycles. The molecule has 0 spiro atoms. The molecule has 9 heteroatoms. The summed E-state index contributed by atoms with van der Waals surface area (Å²) in [6.07, 6.45) is 3.70. The summed E-state index contributed by atoms with van der Waals surface area (Å²) in [6.45, 7) is 4.84. The van der Waals surface area contributed by atoms with Gasteiger partial charge in [0.1, 0.15) is 0 Å². The molecule has 1 aromatic carbocycles. The van der Waals surface area contributed by atoms with Crippen molar-refractivity contribution in [1.29, 1.82) is 0 Å². The van der Waals surface area contributed by atoms with Gasteiger partial charge in [-0.1, -0.05) is 23.4 Å². The maximum atomic E-state index is 12.3. The number of nitrogens with one attached hydrogen (secondary N) is 1. The lowest BCUT2D eigenvalue weighted by atomic mass is 10.1. The molecule has 1 atom stereocenters. The zero-order chi connectivity index (χ0) is 19.6. The normalized spacial score (nSPS) is 20.5. The highest BCUT2D eigenvalue weighted by molar-refractivity contribution is 5.96. The van der Waals surface area contributed by atoms with Gasteiger partial charge in [0.25, 0.3) is 0 Å². The molecule has 2 fully saturated rings. The van der Waals surface area contributed by atoms with Gasteiger partial charge in [-0.15, -0.1) is 0 Å². The number of morpholine rings is 1. The van der Waals surface area contributed by atoms with Crippen molar-refractivity contribution in [3.05, 3.63) is 48.1 Å². The van der Waals surface area contributed by atoms with E-state index in [1.54, 1.807) is 17.3 Å². The fraction of sp³-hybridized carbons (Fsp3) is 0.400. The van der Waals surface area contributed by atoms with Gasteiger partial charge in [0.15, 0.2) is 0 Å². The molecule has 0 saturated carbocycles. The molecule has 4 heterocycles. The zero-order valence-corrected chi connectivity index (χ0v) is 16.0. The van der Waals surface area contributed by atoms with Crippen molar-refractivity contribution in [1.82, 2.24) is 25.2 Å². The number of hydrogen-bond donors (Lipinski definition) is 1. The average molecular weight is 394 g/mol. The van der Waals surface area contributed by atoms with Gasteiger partial charge >= 0.3 is 0 Å². The van der Waals surface area contributed by atoms with Crippen LogP contribution in [-0.4, -0.2) is 64.0 Å². The van der Waals surface area contributed by atoms with Crippen molar-refractivity contribution in [2.75, 3.05) is 37.7 Å². The van der Waals surface area contributed by atoms with Crippen LogP contribution in [0, 0.1) is 0 Å². The SMILES string of the molecule is O=C1CC(c2nc(-c3cccc(CN4CCOCC4)c3)no2)CN1c1cn[nH]c1. The molecule has 3 aromatic rings. The molecule has 2 aromatic heterocycles. The number of carbonyl (C=O) groups is 1. The van der Waals surface area contributed by atoms with Crippen LogP contribution in [-0.2, 0) is 16.1 Å². The Morgan fingerprint density at radius 1 is 1.24 bits per heavy atom. The summed E-state index contributed by atoms with van der Waals surface area (Å²) in [5.74, 6) is 0.967. The average Bonchev–Trinajstić information content (AvgIpc) is 3.49. The van der Waals surface area contributed by atoms with Crippen LogP contribution >= 0.6 is 0 Å². The molecule has 150 valence electrons. The van der Waals surface area contributed by atoms with Crippen molar-refractivity contribution < 1.29 is 14.1 Å². The van der Waals surface area contributed by atoms with Gasteiger partial charge in [-0.3, -0.25) is 14.8 Å². The second-order valence-electron chi connectivity index (χ2n) is 7.41. The number of H-pyrrole nitrogens is 1. The third kappa shape index (κ3) is 3.79. The van der Waals surface area contributed by atoms with Crippen LogP contribution in [0.5, 0.6) is 0 Å². The molecule has 9 nitrogen and oxygen atoms in total. The largest absolute Gasteiger partial charge is 0.379 e. The van der Waals surface area contributed by atoms with Crippen LogP contribution in [0.2, 0.25) is 0 Å². The van der Waals surface area contributed by atoms with Crippen molar-refractivity contribution in [2.24, 2.45) is 0 Å². The first-order valence-electron chi connectivity index (χ1n) is 9.78. The Labute approximate surface area is 167 Å². The van der Waals surface area contributed by atoms with Crippen molar-refractivity contribution in [2.45, 2.75) is 18.9 Å². The van der Waals surface area contributed by atoms with Crippen LogP contribution in [0.1, 0.15) is 23.8 Å². The smallest absolute Gasteiger partial charge is 0.232 e. The van der Waals surface area contributed by atoms with Crippen LogP contribution < -0.4 is 4.90 Å². The van der Waals surface area contributed by atoms with Crippen LogP contribution in [0.15, 0.2) is 41.2 Å². The van der Waals surface area contributed by atoms with Gasteiger partial charge < -0.3 is 14.2 Å². The van der Waals surface area contributed by atoms with E-state index in [-0.39, 0.29) is 11.8 Å². The first-order chi connectivity index (χ1) is 14.3. The number of aromatic amines is 1. The van der Waals surface area contributed by atoms with Gasteiger partial charge in [0.2, 0.25) is 17.6 Å². The Morgan fingerprint density at radius 2 is 2.14 bits per heavy atom. The minimum absolute atomic E-state index is 0.0312.